The summed E-state index contributed by atoms with van der Waals surface area (Å²) < 4.78 is 11.0. The van der Waals surface area contributed by atoms with Gasteiger partial charge in [-0.05, 0) is 26.1 Å². The summed E-state index contributed by atoms with van der Waals surface area (Å²) in [7, 11) is 1.92. The molecule has 1 N–H and O–H groups in total. The van der Waals surface area contributed by atoms with Gasteiger partial charge in [-0.25, -0.2) is 0 Å². The molecule has 0 heterocycles. The summed E-state index contributed by atoms with van der Waals surface area (Å²) in [4.78, 5) is 0. The smallest absolute Gasteiger partial charge is 0.119 e. The second-order valence-corrected chi connectivity index (χ2v) is 3.73. The van der Waals surface area contributed by atoms with Crippen molar-refractivity contribution in [3.05, 3.63) is 29.8 Å². The van der Waals surface area contributed by atoms with Crippen molar-refractivity contribution in [2.24, 2.45) is 0 Å². The van der Waals surface area contributed by atoms with Crippen molar-refractivity contribution in [1.82, 2.24) is 5.32 Å². The van der Waals surface area contributed by atoms with Crippen LogP contribution in [0.25, 0.3) is 0 Å². The molecule has 0 aliphatic carbocycles. The lowest BCUT2D eigenvalue weighted by atomic mass is 10.2. The molecule has 1 aromatic rings. The van der Waals surface area contributed by atoms with Gasteiger partial charge in [0.1, 0.15) is 5.75 Å². The highest BCUT2D eigenvalue weighted by Crippen LogP contribution is 2.11. The van der Waals surface area contributed by atoms with Crippen LogP contribution in [0, 0.1) is 6.92 Å². The van der Waals surface area contributed by atoms with Crippen molar-refractivity contribution in [2.45, 2.75) is 13.3 Å². The highest BCUT2D eigenvalue weighted by atomic mass is 16.5. The van der Waals surface area contributed by atoms with Gasteiger partial charge in [-0.1, -0.05) is 17.7 Å². The van der Waals surface area contributed by atoms with E-state index in [0.29, 0.717) is 6.61 Å². The van der Waals surface area contributed by atoms with Gasteiger partial charge < -0.3 is 14.8 Å². The first-order valence-electron chi connectivity index (χ1n) is 5.75. The molecule has 0 atom stereocenters. The third kappa shape index (κ3) is 5.73. The van der Waals surface area contributed by atoms with E-state index < -0.39 is 0 Å². The van der Waals surface area contributed by atoms with Gasteiger partial charge in [0, 0.05) is 19.6 Å². The SMILES string of the molecule is CNCCOCCCOc1ccc(C)cc1. The summed E-state index contributed by atoms with van der Waals surface area (Å²) in [6.45, 7) is 5.20. The van der Waals surface area contributed by atoms with Crippen LogP contribution in [-0.4, -0.2) is 33.4 Å². The molecule has 0 aromatic heterocycles. The fourth-order valence-corrected chi connectivity index (χ4v) is 1.26. The Bertz CT molecular complexity index is 272. The summed E-state index contributed by atoms with van der Waals surface area (Å²) >= 11 is 0. The average Bonchev–Trinajstić information content (AvgIpc) is 2.30. The van der Waals surface area contributed by atoms with Crippen molar-refractivity contribution in [1.29, 1.82) is 0 Å². The Morgan fingerprint density at radius 1 is 1.06 bits per heavy atom. The Balaban J connectivity index is 2.01. The van der Waals surface area contributed by atoms with Crippen LogP contribution in [0.2, 0.25) is 0 Å². The zero-order chi connectivity index (χ0) is 11.6. The minimum Gasteiger partial charge on any atom is -0.494 e. The molecule has 90 valence electrons. The van der Waals surface area contributed by atoms with Crippen molar-refractivity contribution in [2.75, 3.05) is 33.4 Å². The molecule has 0 aliphatic heterocycles. The van der Waals surface area contributed by atoms with E-state index >= 15 is 0 Å². The fourth-order valence-electron chi connectivity index (χ4n) is 1.26. The number of hydrogen-bond acceptors (Lipinski definition) is 3. The number of aryl methyl sites for hydroxylation is 1. The van der Waals surface area contributed by atoms with E-state index in [2.05, 4.69) is 24.4 Å². The Kier molecular flexibility index (Phi) is 6.61. The Morgan fingerprint density at radius 3 is 2.50 bits per heavy atom. The minimum atomic E-state index is 0.711. The second-order valence-electron chi connectivity index (χ2n) is 3.73. The third-order valence-corrected chi connectivity index (χ3v) is 2.22. The molecule has 0 spiro atoms. The Morgan fingerprint density at radius 2 is 1.81 bits per heavy atom. The van der Waals surface area contributed by atoms with E-state index in [9.17, 15) is 0 Å². The molecule has 0 unspecified atom stereocenters. The maximum Gasteiger partial charge on any atom is 0.119 e. The van der Waals surface area contributed by atoms with E-state index in [1.165, 1.54) is 5.56 Å². The quantitative estimate of drug-likeness (QED) is 0.684. The van der Waals surface area contributed by atoms with E-state index in [0.717, 1.165) is 31.9 Å². The summed E-state index contributed by atoms with van der Waals surface area (Å²) in [6, 6.07) is 8.10. The van der Waals surface area contributed by atoms with Crippen LogP contribution in [0.4, 0.5) is 0 Å². The van der Waals surface area contributed by atoms with Gasteiger partial charge in [0.15, 0.2) is 0 Å². The summed E-state index contributed by atoms with van der Waals surface area (Å²) in [5.41, 5.74) is 1.25. The third-order valence-electron chi connectivity index (χ3n) is 2.22. The van der Waals surface area contributed by atoms with Gasteiger partial charge in [-0.15, -0.1) is 0 Å². The monoisotopic (exact) mass is 223 g/mol. The molecule has 0 amide bonds. The van der Waals surface area contributed by atoms with Crippen molar-refractivity contribution < 1.29 is 9.47 Å². The van der Waals surface area contributed by atoms with Crippen LogP contribution in [0.5, 0.6) is 5.75 Å². The molecule has 0 saturated carbocycles. The highest BCUT2D eigenvalue weighted by Gasteiger charge is 1.93. The van der Waals surface area contributed by atoms with Gasteiger partial charge in [-0.3, -0.25) is 0 Å². The maximum absolute atomic E-state index is 5.57. The number of ether oxygens (including phenoxy) is 2. The van der Waals surface area contributed by atoms with Crippen LogP contribution >= 0.6 is 0 Å². The summed E-state index contributed by atoms with van der Waals surface area (Å²) in [6.07, 6.45) is 0.928. The molecular formula is C13H21NO2. The first-order chi connectivity index (χ1) is 7.83. The molecule has 16 heavy (non-hydrogen) atoms. The van der Waals surface area contributed by atoms with Crippen LogP contribution < -0.4 is 10.1 Å². The number of likely N-dealkylation sites (N-methyl/N-ethyl adjacent to an activating group) is 1. The van der Waals surface area contributed by atoms with E-state index in [4.69, 9.17) is 9.47 Å². The summed E-state index contributed by atoms with van der Waals surface area (Å²) in [5, 5.41) is 3.03. The minimum absolute atomic E-state index is 0.711. The molecule has 3 nitrogen and oxygen atoms in total. The molecular weight excluding hydrogens is 202 g/mol. The van der Waals surface area contributed by atoms with Crippen molar-refractivity contribution in [3.8, 4) is 5.75 Å². The van der Waals surface area contributed by atoms with Crippen molar-refractivity contribution >= 4 is 0 Å². The number of hydrogen-bond donors (Lipinski definition) is 1. The lowest BCUT2D eigenvalue weighted by Crippen LogP contribution is -2.15. The lowest BCUT2D eigenvalue weighted by molar-refractivity contribution is 0.122. The average molecular weight is 223 g/mol. The standard InChI is InChI=1S/C13H21NO2/c1-12-4-6-13(7-5-12)16-10-3-9-15-11-8-14-2/h4-7,14H,3,8-11H2,1-2H3. The highest BCUT2D eigenvalue weighted by molar-refractivity contribution is 5.26. The largest absolute Gasteiger partial charge is 0.494 e. The Labute approximate surface area is 97.8 Å². The topological polar surface area (TPSA) is 30.5 Å². The zero-order valence-corrected chi connectivity index (χ0v) is 10.2. The molecule has 1 aromatic carbocycles. The van der Waals surface area contributed by atoms with Gasteiger partial charge in [-0.2, -0.15) is 0 Å². The van der Waals surface area contributed by atoms with Crippen LogP contribution in [0.3, 0.4) is 0 Å². The molecule has 0 radical (unpaired) electrons. The summed E-state index contributed by atoms with van der Waals surface area (Å²) in [5.74, 6) is 0.931. The molecule has 0 aliphatic rings. The predicted octanol–water partition coefficient (Wildman–Crippen LogP) is 2.00. The number of benzene rings is 1. The van der Waals surface area contributed by atoms with Crippen molar-refractivity contribution in [3.63, 3.8) is 0 Å². The molecule has 0 bridgehead atoms. The lowest BCUT2D eigenvalue weighted by Gasteiger charge is -2.07. The Hall–Kier alpha value is -1.06. The van der Waals surface area contributed by atoms with E-state index in [1.807, 2.05) is 19.2 Å². The normalized spacial score (nSPS) is 10.4. The first kappa shape index (κ1) is 13.0. The van der Waals surface area contributed by atoms with E-state index in [1.54, 1.807) is 0 Å². The molecule has 1 rings (SSSR count). The molecule has 3 heteroatoms. The maximum atomic E-state index is 5.57. The zero-order valence-electron chi connectivity index (χ0n) is 10.2. The second kappa shape index (κ2) is 8.13. The van der Waals surface area contributed by atoms with Crippen LogP contribution in [0.15, 0.2) is 24.3 Å². The molecule has 0 saturated heterocycles. The van der Waals surface area contributed by atoms with Gasteiger partial charge in [0.25, 0.3) is 0 Å². The number of nitrogens with one attached hydrogen (secondary N) is 1. The first-order valence-corrected chi connectivity index (χ1v) is 5.75. The predicted molar refractivity (Wildman–Crippen MR) is 66.0 cm³/mol. The van der Waals surface area contributed by atoms with Crippen LogP contribution in [0.1, 0.15) is 12.0 Å². The van der Waals surface area contributed by atoms with Gasteiger partial charge in [0.2, 0.25) is 0 Å². The molecule has 0 fully saturated rings. The van der Waals surface area contributed by atoms with Gasteiger partial charge in [0.05, 0.1) is 13.2 Å². The van der Waals surface area contributed by atoms with Gasteiger partial charge >= 0.3 is 0 Å². The fraction of sp³-hybridized carbons (Fsp3) is 0.538. The number of rotatable bonds is 8. The van der Waals surface area contributed by atoms with Crippen LogP contribution in [-0.2, 0) is 4.74 Å². The van der Waals surface area contributed by atoms with E-state index in [-0.39, 0.29) is 0 Å².